The maximum Gasteiger partial charge on any atom is 0.255 e. The molecule has 1 aliphatic rings. The molecular weight excluding hydrogens is 280 g/mol. The molecule has 22 heavy (non-hydrogen) atoms. The number of aromatic hydroxyl groups is 1. The SMILES string of the molecule is CCOc1cc(C2NC(=O)c3cccc(C)c3N2)ccc1O. The molecule has 0 fully saturated rings. The largest absolute Gasteiger partial charge is 0.504 e. The second-order valence-electron chi connectivity index (χ2n) is 5.21. The van der Waals surface area contributed by atoms with Crippen LogP contribution in [0.15, 0.2) is 36.4 Å². The number of phenols is 1. The van der Waals surface area contributed by atoms with Crippen molar-refractivity contribution in [3.8, 4) is 11.5 Å². The molecule has 0 spiro atoms. The molecule has 1 amide bonds. The molecule has 0 radical (unpaired) electrons. The van der Waals surface area contributed by atoms with Crippen molar-refractivity contribution in [2.24, 2.45) is 0 Å². The van der Waals surface area contributed by atoms with Gasteiger partial charge in [-0.15, -0.1) is 0 Å². The molecule has 1 atom stereocenters. The topological polar surface area (TPSA) is 70.6 Å². The van der Waals surface area contributed by atoms with E-state index in [1.54, 1.807) is 24.3 Å². The number of nitrogens with one attached hydrogen (secondary N) is 2. The average Bonchev–Trinajstić information content (AvgIpc) is 2.50. The number of rotatable bonds is 3. The normalized spacial score (nSPS) is 16.5. The van der Waals surface area contributed by atoms with Crippen LogP contribution in [0.1, 0.15) is 34.6 Å². The van der Waals surface area contributed by atoms with E-state index in [-0.39, 0.29) is 17.8 Å². The van der Waals surface area contributed by atoms with Crippen molar-refractivity contribution in [3.05, 3.63) is 53.1 Å². The van der Waals surface area contributed by atoms with Crippen LogP contribution in [-0.2, 0) is 0 Å². The lowest BCUT2D eigenvalue weighted by atomic mass is 10.0. The quantitative estimate of drug-likeness (QED) is 0.815. The van der Waals surface area contributed by atoms with Gasteiger partial charge in [0.1, 0.15) is 6.17 Å². The third-order valence-electron chi connectivity index (χ3n) is 3.70. The van der Waals surface area contributed by atoms with Crippen molar-refractivity contribution >= 4 is 11.6 Å². The van der Waals surface area contributed by atoms with Crippen LogP contribution in [-0.4, -0.2) is 17.6 Å². The van der Waals surface area contributed by atoms with E-state index in [2.05, 4.69) is 10.6 Å². The Bertz CT molecular complexity index is 728. The summed E-state index contributed by atoms with van der Waals surface area (Å²) in [5.41, 5.74) is 3.31. The summed E-state index contributed by atoms with van der Waals surface area (Å²) in [6, 6.07) is 10.7. The molecule has 1 heterocycles. The van der Waals surface area contributed by atoms with Gasteiger partial charge in [0.15, 0.2) is 11.5 Å². The monoisotopic (exact) mass is 298 g/mol. The first-order valence-electron chi connectivity index (χ1n) is 7.23. The van der Waals surface area contributed by atoms with Gasteiger partial charge in [-0.2, -0.15) is 0 Å². The lowest BCUT2D eigenvalue weighted by Gasteiger charge is -2.29. The van der Waals surface area contributed by atoms with Crippen molar-refractivity contribution in [1.82, 2.24) is 5.32 Å². The molecule has 1 aliphatic heterocycles. The predicted molar refractivity (Wildman–Crippen MR) is 84.3 cm³/mol. The Kier molecular flexibility index (Phi) is 3.63. The Labute approximate surface area is 128 Å². The third-order valence-corrected chi connectivity index (χ3v) is 3.70. The predicted octanol–water partition coefficient (Wildman–Crippen LogP) is 2.95. The van der Waals surface area contributed by atoms with E-state index in [1.807, 2.05) is 26.0 Å². The van der Waals surface area contributed by atoms with Gasteiger partial charge in [0.05, 0.1) is 17.9 Å². The lowest BCUT2D eigenvalue weighted by Crippen LogP contribution is -2.38. The number of phenolic OH excluding ortho intramolecular Hbond substituents is 1. The van der Waals surface area contributed by atoms with E-state index in [1.165, 1.54) is 0 Å². The number of hydrogen-bond acceptors (Lipinski definition) is 4. The highest BCUT2D eigenvalue weighted by Gasteiger charge is 2.26. The van der Waals surface area contributed by atoms with Crippen molar-refractivity contribution in [1.29, 1.82) is 0 Å². The Morgan fingerprint density at radius 1 is 1.23 bits per heavy atom. The highest BCUT2D eigenvalue weighted by molar-refractivity contribution is 6.02. The fourth-order valence-corrected chi connectivity index (χ4v) is 2.59. The van der Waals surface area contributed by atoms with Gasteiger partial charge in [0.25, 0.3) is 5.91 Å². The molecule has 2 aromatic rings. The van der Waals surface area contributed by atoms with Gasteiger partial charge < -0.3 is 20.5 Å². The summed E-state index contributed by atoms with van der Waals surface area (Å²) in [5, 5.41) is 16.0. The Balaban J connectivity index is 1.96. The number of carbonyl (C=O) groups is 1. The first-order chi connectivity index (χ1) is 10.6. The minimum absolute atomic E-state index is 0.0873. The molecule has 0 aliphatic carbocycles. The van der Waals surface area contributed by atoms with Gasteiger partial charge in [-0.25, -0.2) is 0 Å². The maximum atomic E-state index is 12.3. The number of benzene rings is 2. The molecule has 0 saturated heterocycles. The van der Waals surface area contributed by atoms with Gasteiger partial charge >= 0.3 is 0 Å². The lowest BCUT2D eigenvalue weighted by molar-refractivity contribution is 0.0935. The molecule has 0 bridgehead atoms. The molecule has 0 aromatic heterocycles. The van der Waals surface area contributed by atoms with Crippen LogP contribution >= 0.6 is 0 Å². The molecule has 5 nitrogen and oxygen atoms in total. The molecule has 5 heteroatoms. The van der Waals surface area contributed by atoms with Gasteiger partial charge in [0.2, 0.25) is 0 Å². The molecule has 0 saturated carbocycles. The van der Waals surface area contributed by atoms with E-state index >= 15 is 0 Å². The van der Waals surface area contributed by atoms with Crippen LogP contribution in [0, 0.1) is 6.92 Å². The van der Waals surface area contributed by atoms with Crippen LogP contribution in [0.3, 0.4) is 0 Å². The number of anilines is 1. The molecule has 2 aromatic carbocycles. The zero-order valence-electron chi connectivity index (χ0n) is 12.5. The zero-order valence-corrected chi connectivity index (χ0v) is 12.5. The molecule has 3 N–H and O–H groups in total. The fourth-order valence-electron chi connectivity index (χ4n) is 2.59. The number of aryl methyl sites for hydroxylation is 1. The van der Waals surface area contributed by atoms with Crippen LogP contribution in [0.25, 0.3) is 0 Å². The minimum Gasteiger partial charge on any atom is -0.504 e. The summed E-state index contributed by atoms with van der Waals surface area (Å²) >= 11 is 0. The van der Waals surface area contributed by atoms with E-state index in [0.29, 0.717) is 17.9 Å². The van der Waals surface area contributed by atoms with Crippen molar-refractivity contribution in [2.75, 3.05) is 11.9 Å². The minimum atomic E-state index is -0.360. The number of amides is 1. The van der Waals surface area contributed by atoms with Crippen molar-refractivity contribution in [3.63, 3.8) is 0 Å². The van der Waals surface area contributed by atoms with Crippen molar-refractivity contribution in [2.45, 2.75) is 20.0 Å². The standard InChI is InChI=1S/C17H18N2O3/c1-3-22-14-9-11(7-8-13(14)20)16-18-15-10(2)5-4-6-12(15)17(21)19-16/h4-9,16,18,20H,3H2,1-2H3,(H,19,21). The van der Waals surface area contributed by atoms with E-state index < -0.39 is 0 Å². The second kappa shape index (κ2) is 5.60. The number of hydrogen-bond donors (Lipinski definition) is 3. The number of fused-ring (bicyclic) bond motifs is 1. The summed E-state index contributed by atoms with van der Waals surface area (Å²) in [7, 11) is 0. The number of ether oxygens (including phenoxy) is 1. The van der Waals surface area contributed by atoms with Gasteiger partial charge in [0, 0.05) is 0 Å². The molecule has 114 valence electrons. The maximum absolute atomic E-state index is 12.3. The Hall–Kier alpha value is -2.69. The highest BCUT2D eigenvalue weighted by atomic mass is 16.5. The van der Waals surface area contributed by atoms with Gasteiger partial charge in [-0.05, 0) is 43.2 Å². The van der Waals surface area contributed by atoms with Crippen LogP contribution in [0.5, 0.6) is 11.5 Å². The molecular formula is C17H18N2O3. The summed E-state index contributed by atoms with van der Waals surface area (Å²) < 4.78 is 5.40. The second-order valence-corrected chi connectivity index (χ2v) is 5.21. The van der Waals surface area contributed by atoms with Crippen molar-refractivity contribution < 1.29 is 14.6 Å². The Morgan fingerprint density at radius 2 is 2.05 bits per heavy atom. The third kappa shape index (κ3) is 2.45. The summed E-state index contributed by atoms with van der Waals surface area (Å²) in [6.45, 7) is 4.28. The van der Waals surface area contributed by atoms with Crippen LogP contribution < -0.4 is 15.4 Å². The van der Waals surface area contributed by atoms with Gasteiger partial charge in [-0.3, -0.25) is 4.79 Å². The smallest absolute Gasteiger partial charge is 0.255 e. The number of carbonyl (C=O) groups excluding carboxylic acids is 1. The number of para-hydroxylation sites is 1. The van der Waals surface area contributed by atoms with E-state index in [4.69, 9.17) is 4.74 Å². The van der Waals surface area contributed by atoms with Crippen LogP contribution in [0.4, 0.5) is 5.69 Å². The van der Waals surface area contributed by atoms with E-state index in [0.717, 1.165) is 16.8 Å². The summed E-state index contributed by atoms with van der Waals surface area (Å²) in [6.07, 6.45) is -0.360. The first kappa shape index (κ1) is 14.3. The summed E-state index contributed by atoms with van der Waals surface area (Å²) in [5.74, 6) is 0.379. The zero-order chi connectivity index (χ0) is 15.7. The Morgan fingerprint density at radius 3 is 2.82 bits per heavy atom. The van der Waals surface area contributed by atoms with Crippen LogP contribution in [0.2, 0.25) is 0 Å². The summed E-state index contributed by atoms with van der Waals surface area (Å²) in [4.78, 5) is 12.3. The molecule has 1 unspecified atom stereocenters. The molecule has 3 rings (SSSR count). The van der Waals surface area contributed by atoms with Gasteiger partial charge in [-0.1, -0.05) is 18.2 Å². The average molecular weight is 298 g/mol. The highest BCUT2D eigenvalue weighted by Crippen LogP contribution is 2.33. The van der Waals surface area contributed by atoms with E-state index in [9.17, 15) is 9.90 Å². The fraction of sp³-hybridized carbons (Fsp3) is 0.235. The first-order valence-corrected chi connectivity index (χ1v) is 7.23.